The van der Waals surface area contributed by atoms with Gasteiger partial charge in [-0.25, -0.2) is 14.4 Å². The van der Waals surface area contributed by atoms with Gasteiger partial charge < -0.3 is 98.7 Å². The van der Waals surface area contributed by atoms with Crippen molar-refractivity contribution in [3.05, 3.63) is 356 Å². The third-order valence-corrected chi connectivity index (χ3v) is 28.0. The summed E-state index contributed by atoms with van der Waals surface area (Å²) in [5, 5.41) is 108. The van der Waals surface area contributed by atoms with Crippen LogP contribution < -0.4 is 53.8 Å². The zero-order valence-electron chi connectivity index (χ0n) is 69.6. The summed E-state index contributed by atoms with van der Waals surface area (Å²) < 4.78 is 66.4. The Hall–Kier alpha value is -15.2. The standard InChI is InChI=1S/3C25H19N3O5.C24H20BrNO6/c3*1-31-17-12-27-13-18-20(17)24(30)22-21(28-23(29)32-22)19(15-5-3-2-4-6-15)25(24,33-18)16-9-7-14(11-26)8-10-16;1-31-16-11-26-12-17-20(16)23(30)21(27)18(22(28)29)19(13-5-3-2-4-6-13)24(23,32-17)14-7-9-15(25)10-8-14/h3*2-10,12-13,19,21-22,30H,1H3,(H,28,29);2-12,18-19,21,27,30H,1H3,(H,28,29)/t3*19-,21-,22-,24+,25+;18-,19-,21-,23+,24+/m1111/s1. The van der Waals surface area contributed by atoms with Crippen molar-refractivity contribution in [1.29, 1.82) is 15.8 Å². The molecule has 656 valence electrons. The number of carboxylic acid groups (broad SMARTS) is 1. The van der Waals surface area contributed by atoms with Crippen LogP contribution in [0.1, 0.15) is 107 Å². The number of benzene rings is 8. The summed E-state index contributed by atoms with van der Waals surface area (Å²) >= 11 is 3.42. The van der Waals surface area contributed by atoms with Crippen LogP contribution in [0.4, 0.5) is 14.4 Å². The van der Waals surface area contributed by atoms with E-state index in [1.165, 1.54) is 78.0 Å². The number of nitrogens with one attached hydrogen (secondary N) is 3. The van der Waals surface area contributed by atoms with E-state index in [9.17, 15) is 65.6 Å². The Balaban J connectivity index is 0.000000109. The number of rotatable bonds is 13. The van der Waals surface area contributed by atoms with Gasteiger partial charge in [-0.15, -0.1) is 0 Å². The third-order valence-electron chi connectivity index (χ3n) is 27.5. The Morgan fingerprint density at radius 1 is 0.366 bits per heavy atom. The number of halogens is 1. The lowest BCUT2D eigenvalue weighted by Crippen LogP contribution is -2.52. The van der Waals surface area contributed by atoms with Crippen LogP contribution in [-0.4, -0.2) is 146 Å². The van der Waals surface area contributed by atoms with Gasteiger partial charge in [0.05, 0.1) is 177 Å². The molecule has 9 N–H and O–H groups in total. The molecule has 8 aromatic carbocycles. The maximum Gasteiger partial charge on any atom is 0.407 e. The highest BCUT2D eigenvalue weighted by Gasteiger charge is 2.84. The van der Waals surface area contributed by atoms with E-state index in [1.807, 2.05) is 97.1 Å². The van der Waals surface area contributed by atoms with Gasteiger partial charge in [-0.3, -0.25) is 24.7 Å². The number of amides is 3. The predicted octanol–water partition coefficient (Wildman–Crippen LogP) is 11.3. The fourth-order valence-corrected chi connectivity index (χ4v) is 22.9. The summed E-state index contributed by atoms with van der Waals surface area (Å²) in [7, 11) is 5.89. The number of nitriles is 3. The molecule has 0 unspecified atom stereocenters. The van der Waals surface area contributed by atoms with Crippen molar-refractivity contribution in [1.82, 2.24) is 35.9 Å². The van der Waals surface area contributed by atoms with E-state index in [-0.39, 0.29) is 17.1 Å². The number of carbonyl (C=O) groups excluding carboxylic acids is 3. The third kappa shape index (κ3) is 11.6. The average molecular weight is 1820 g/mol. The Kier molecular flexibility index (Phi) is 20.1. The molecule has 7 aliphatic heterocycles. The molecule has 0 spiro atoms. The van der Waals surface area contributed by atoms with Crippen LogP contribution in [0.3, 0.4) is 0 Å². The number of alkyl carbamates (subject to hydrolysis) is 3. The maximum atomic E-state index is 12.6. The largest absolute Gasteiger partial charge is 0.495 e. The highest BCUT2D eigenvalue weighted by molar-refractivity contribution is 9.10. The van der Waals surface area contributed by atoms with E-state index in [0.717, 1.165) is 21.2 Å². The molecule has 131 heavy (non-hydrogen) atoms. The number of pyridine rings is 4. The number of ether oxygens (including phenoxy) is 11. The monoisotopic (exact) mass is 1820 g/mol. The van der Waals surface area contributed by atoms with Crippen molar-refractivity contribution >= 4 is 40.2 Å². The Bertz CT molecular complexity index is 6220. The first-order valence-electron chi connectivity index (χ1n) is 41.5. The minimum atomic E-state index is -2.12. The van der Waals surface area contributed by atoms with Crippen molar-refractivity contribution in [3.63, 3.8) is 0 Å². The zero-order valence-corrected chi connectivity index (χ0v) is 71.2. The molecule has 20 atom stereocenters. The molecular formula is C99H77BrN10O21. The molecule has 12 aromatic rings. The van der Waals surface area contributed by atoms with Gasteiger partial charge in [0, 0.05) is 10.4 Å². The molecule has 0 radical (unpaired) electrons. The van der Waals surface area contributed by atoms with Crippen LogP contribution in [-0.2, 0) is 63.8 Å². The number of hydrogen-bond acceptors (Lipinski definition) is 27. The SMILES string of the molecule is COc1cncc2c1[C@]1(O)[C@@H]3OC(=O)N[C@@H]3[C@@H](c3ccccc3)[C@]1(c1ccc(C#N)cc1)O2.COc1cncc2c1[C@]1(O)[C@@H]3OC(=O)N[C@@H]3[C@@H](c3ccccc3)[C@]1(c1ccc(C#N)cc1)O2.COc1cncc2c1[C@]1(O)[C@@H]3OC(=O)N[C@@H]3[C@@H](c3ccccc3)[C@]1(c1ccc(C#N)cc1)O2.COc1cncc2c1[C@]1(O)[C@H](O)[C@H](C(=O)O)[C@@H](c3ccccc3)[C@]1(c1ccc(Br)cc1)O2. The van der Waals surface area contributed by atoms with Gasteiger partial charge >= 0.3 is 24.2 Å². The summed E-state index contributed by atoms with van der Waals surface area (Å²) in [6, 6.07) is 70.1. The number of carbonyl (C=O) groups is 4. The predicted molar refractivity (Wildman–Crippen MR) is 461 cm³/mol. The van der Waals surface area contributed by atoms with Gasteiger partial charge in [0.1, 0.15) is 52.1 Å². The Morgan fingerprint density at radius 2 is 0.611 bits per heavy atom. The first-order chi connectivity index (χ1) is 63.5. The number of aliphatic hydroxyl groups excluding tert-OH is 1. The number of fused-ring (bicyclic) bond motifs is 18. The first kappa shape index (κ1) is 84.0. The fourth-order valence-electron chi connectivity index (χ4n) is 22.7. The topological polar surface area (TPSA) is 450 Å². The number of carboxylic acids is 1. The highest BCUT2D eigenvalue weighted by Crippen LogP contribution is 2.75. The molecule has 23 rings (SSSR count). The van der Waals surface area contributed by atoms with Crippen molar-refractivity contribution < 1.29 is 102 Å². The van der Waals surface area contributed by atoms with E-state index in [2.05, 4.69) is 70.0 Å². The molecule has 4 aromatic heterocycles. The number of hydrogen-bond donors (Lipinski definition) is 9. The van der Waals surface area contributed by atoms with Crippen molar-refractivity contribution in [2.75, 3.05) is 28.4 Å². The number of aromatic nitrogens is 4. The molecule has 4 aliphatic carbocycles. The van der Waals surface area contributed by atoms with Crippen LogP contribution in [0.25, 0.3) is 0 Å². The van der Waals surface area contributed by atoms with E-state index < -0.39 is 141 Å². The average Bonchev–Trinajstić information content (AvgIpc) is 1.53. The molecular weight excluding hydrogens is 1750 g/mol. The molecule has 31 nitrogen and oxygen atoms in total. The second-order valence-corrected chi connectivity index (χ2v) is 34.1. The summed E-state index contributed by atoms with van der Waals surface area (Å²) in [6.07, 6.45) is 5.59. The molecule has 3 amide bonds. The normalized spacial score (nSPS) is 30.7. The smallest absolute Gasteiger partial charge is 0.407 e. The lowest BCUT2D eigenvalue weighted by molar-refractivity contribution is -0.159. The molecule has 11 heterocycles. The highest BCUT2D eigenvalue weighted by atomic mass is 79.9. The second kappa shape index (κ2) is 31.3. The zero-order chi connectivity index (χ0) is 91.1. The number of nitrogens with zero attached hydrogens (tertiary/aromatic N) is 7. The molecule has 7 fully saturated rings. The summed E-state index contributed by atoms with van der Waals surface area (Å²) in [5.41, 5.74) is -4.87. The quantitative estimate of drug-likeness (QED) is 0.0484. The lowest BCUT2D eigenvalue weighted by Gasteiger charge is -2.41. The van der Waals surface area contributed by atoms with E-state index in [0.29, 0.717) is 95.7 Å². The van der Waals surface area contributed by atoms with Gasteiger partial charge in [-0.2, -0.15) is 15.8 Å². The summed E-state index contributed by atoms with van der Waals surface area (Å²) in [6.45, 7) is 0. The van der Waals surface area contributed by atoms with Gasteiger partial charge in [0.25, 0.3) is 0 Å². The van der Waals surface area contributed by atoms with Gasteiger partial charge in [0.2, 0.25) is 0 Å². The first-order valence-corrected chi connectivity index (χ1v) is 42.3. The van der Waals surface area contributed by atoms with Crippen molar-refractivity contribution in [3.8, 4) is 64.2 Å². The van der Waals surface area contributed by atoms with E-state index in [4.69, 9.17) is 52.1 Å². The van der Waals surface area contributed by atoms with Crippen LogP contribution >= 0.6 is 15.9 Å². The molecule has 3 saturated heterocycles. The molecule has 11 aliphatic rings. The van der Waals surface area contributed by atoms with Crippen LogP contribution in [0.2, 0.25) is 0 Å². The van der Waals surface area contributed by atoms with Gasteiger partial charge in [-0.05, 0) is 93.0 Å². The molecule has 4 saturated carbocycles. The van der Waals surface area contributed by atoms with Crippen LogP contribution in [0.15, 0.2) is 272 Å². The number of aliphatic hydroxyl groups is 5. The van der Waals surface area contributed by atoms with Gasteiger partial charge in [0.15, 0.2) is 63.1 Å². The fraction of sp³-hybridized carbons (Fsp3) is 0.242. The van der Waals surface area contributed by atoms with Crippen molar-refractivity contribution in [2.24, 2.45) is 5.92 Å². The second-order valence-electron chi connectivity index (χ2n) is 33.2. The van der Waals surface area contributed by atoms with Crippen molar-refractivity contribution in [2.45, 2.75) is 111 Å². The minimum Gasteiger partial charge on any atom is -0.495 e. The van der Waals surface area contributed by atoms with E-state index >= 15 is 0 Å². The Morgan fingerprint density at radius 3 is 0.863 bits per heavy atom. The maximum absolute atomic E-state index is 12.6. The van der Waals surface area contributed by atoms with Gasteiger partial charge in [-0.1, -0.05) is 186 Å². The summed E-state index contributed by atoms with van der Waals surface area (Å²) in [4.78, 5) is 66.4. The Labute approximate surface area is 755 Å². The van der Waals surface area contributed by atoms with Crippen LogP contribution in [0, 0.1) is 39.9 Å². The van der Waals surface area contributed by atoms with Crippen LogP contribution in [0.5, 0.6) is 46.0 Å². The lowest BCUT2D eigenvalue weighted by atomic mass is 9.70. The summed E-state index contributed by atoms with van der Waals surface area (Å²) in [5.74, 6) is -2.57. The number of methoxy groups -OCH3 is 4. The minimum absolute atomic E-state index is 0.190. The number of aliphatic carboxylic acids is 1. The molecule has 0 bridgehead atoms. The molecule has 32 heteroatoms. The van der Waals surface area contributed by atoms with E-state index in [1.54, 1.807) is 121 Å².